The summed E-state index contributed by atoms with van der Waals surface area (Å²) in [6, 6.07) is 4.69. The van der Waals surface area contributed by atoms with Gasteiger partial charge in [-0.2, -0.15) is 0 Å². The molecule has 1 aliphatic rings. The van der Waals surface area contributed by atoms with Crippen molar-refractivity contribution in [3.05, 3.63) is 39.9 Å². The lowest BCUT2D eigenvalue weighted by atomic mass is 10.1. The Kier molecular flexibility index (Phi) is 6.76. The number of fused-ring (bicyclic) bond motifs is 2. The van der Waals surface area contributed by atoms with Crippen LogP contribution in [0.3, 0.4) is 0 Å². The fourth-order valence-electron chi connectivity index (χ4n) is 3.28. The van der Waals surface area contributed by atoms with E-state index in [0.29, 0.717) is 30.6 Å². The Morgan fingerprint density at radius 1 is 1.21 bits per heavy atom. The van der Waals surface area contributed by atoms with E-state index < -0.39 is 11.9 Å². The van der Waals surface area contributed by atoms with Gasteiger partial charge in [0.25, 0.3) is 11.5 Å². The average molecular weight is 387 g/mol. The zero-order valence-corrected chi connectivity index (χ0v) is 16.0. The number of aryl methyl sites for hydroxylation is 1. The Bertz CT molecular complexity index is 922. The van der Waals surface area contributed by atoms with Crippen LogP contribution in [0.5, 0.6) is 0 Å². The van der Waals surface area contributed by atoms with Gasteiger partial charge in [-0.1, -0.05) is 12.8 Å². The lowest BCUT2D eigenvalue weighted by Gasteiger charge is -2.16. The lowest BCUT2D eigenvalue weighted by molar-refractivity contribution is -0.124. The highest BCUT2D eigenvalue weighted by Gasteiger charge is 2.16. The van der Waals surface area contributed by atoms with Crippen LogP contribution in [0.15, 0.2) is 23.0 Å². The minimum atomic E-state index is -0.627. The molecule has 8 nitrogen and oxygen atoms in total. The van der Waals surface area contributed by atoms with Crippen LogP contribution in [0.2, 0.25) is 0 Å². The molecular weight excluding hydrogens is 362 g/mol. The van der Waals surface area contributed by atoms with E-state index in [4.69, 9.17) is 9.47 Å². The normalized spacial score (nSPS) is 14.0. The minimum absolute atomic E-state index is 0.0701. The van der Waals surface area contributed by atoms with Crippen LogP contribution in [-0.4, -0.2) is 48.3 Å². The van der Waals surface area contributed by atoms with Gasteiger partial charge in [0.2, 0.25) is 0 Å². The van der Waals surface area contributed by atoms with Crippen LogP contribution < -0.4 is 10.9 Å². The molecule has 1 amide bonds. The van der Waals surface area contributed by atoms with Gasteiger partial charge in [-0.25, -0.2) is 9.78 Å². The summed E-state index contributed by atoms with van der Waals surface area (Å²) in [5.41, 5.74) is 0.676. The third kappa shape index (κ3) is 4.75. The highest BCUT2D eigenvalue weighted by molar-refractivity contribution is 5.95. The fourth-order valence-corrected chi connectivity index (χ4v) is 3.28. The van der Waals surface area contributed by atoms with E-state index in [1.54, 1.807) is 16.7 Å². The third-order valence-electron chi connectivity index (χ3n) is 4.76. The molecule has 8 heteroatoms. The Hall–Kier alpha value is -2.74. The number of nitrogens with one attached hydrogen (secondary N) is 1. The second-order valence-corrected chi connectivity index (χ2v) is 6.80. The van der Waals surface area contributed by atoms with Crippen molar-refractivity contribution in [1.29, 1.82) is 0 Å². The van der Waals surface area contributed by atoms with Crippen LogP contribution in [0.1, 0.15) is 41.9 Å². The summed E-state index contributed by atoms with van der Waals surface area (Å²) in [5.74, 6) is -0.262. The Morgan fingerprint density at radius 3 is 2.86 bits per heavy atom. The van der Waals surface area contributed by atoms with Gasteiger partial charge in [0.05, 0.1) is 23.1 Å². The molecule has 1 aromatic carbocycles. The van der Waals surface area contributed by atoms with Gasteiger partial charge < -0.3 is 14.8 Å². The lowest BCUT2D eigenvalue weighted by Crippen LogP contribution is -2.31. The number of methoxy groups -OCH3 is 1. The number of carbonyl (C=O) groups is 2. The molecule has 0 fully saturated rings. The van der Waals surface area contributed by atoms with E-state index in [-0.39, 0.29) is 17.7 Å². The number of amides is 1. The van der Waals surface area contributed by atoms with E-state index >= 15 is 0 Å². The first-order chi connectivity index (χ1) is 13.6. The maximum atomic E-state index is 12.8. The van der Waals surface area contributed by atoms with E-state index in [1.165, 1.54) is 13.2 Å². The number of hydrogen-bond donors (Lipinski definition) is 1. The summed E-state index contributed by atoms with van der Waals surface area (Å²) < 4.78 is 11.6. The number of hydrogen-bond acceptors (Lipinski definition) is 6. The number of nitrogens with zero attached hydrogens (tertiary/aromatic N) is 2. The topological polar surface area (TPSA) is 99.5 Å². The summed E-state index contributed by atoms with van der Waals surface area (Å²) in [5, 5.41) is 3.06. The summed E-state index contributed by atoms with van der Waals surface area (Å²) in [4.78, 5) is 41.3. The summed E-state index contributed by atoms with van der Waals surface area (Å²) in [6.07, 6.45) is 4.97. The first kappa shape index (κ1) is 20.0. The number of carbonyl (C=O) groups excluding carboxylic acids is 2. The summed E-state index contributed by atoms with van der Waals surface area (Å²) in [6.45, 7) is 1.04. The molecule has 0 saturated heterocycles. The number of ether oxygens (including phenoxy) is 2. The second-order valence-electron chi connectivity index (χ2n) is 6.80. The van der Waals surface area contributed by atoms with Gasteiger partial charge >= 0.3 is 5.97 Å². The first-order valence-corrected chi connectivity index (χ1v) is 9.56. The molecule has 3 rings (SSSR count). The zero-order chi connectivity index (χ0) is 19.9. The molecule has 0 bridgehead atoms. The number of esters is 1. The van der Waals surface area contributed by atoms with Crippen molar-refractivity contribution >= 4 is 22.8 Å². The SMILES string of the molecule is COCCNC(=O)COC(=O)c1ccc2c(=O)n3c(nc2c1)CCCCCC3. The van der Waals surface area contributed by atoms with Crippen molar-refractivity contribution in [3.8, 4) is 0 Å². The van der Waals surface area contributed by atoms with Gasteiger partial charge in [0.1, 0.15) is 5.82 Å². The quantitative estimate of drug-likeness (QED) is 0.595. The van der Waals surface area contributed by atoms with Gasteiger partial charge in [-0.05, 0) is 31.0 Å². The molecule has 0 saturated carbocycles. The monoisotopic (exact) mass is 387 g/mol. The fraction of sp³-hybridized carbons (Fsp3) is 0.500. The molecule has 0 atom stereocenters. The standard InChI is InChI=1S/C20H25N3O5/c1-27-11-9-21-18(24)13-28-20(26)14-7-8-15-16(12-14)22-17-6-4-2-3-5-10-23(17)19(15)25/h7-8,12H,2-6,9-11,13H2,1H3,(H,21,24). The molecule has 1 N–H and O–H groups in total. The van der Waals surface area contributed by atoms with Crippen LogP contribution in [0, 0.1) is 0 Å². The van der Waals surface area contributed by atoms with E-state index in [0.717, 1.165) is 37.9 Å². The maximum Gasteiger partial charge on any atom is 0.338 e. The second kappa shape index (κ2) is 9.45. The minimum Gasteiger partial charge on any atom is -0.452 e. The Morgan fingerprint density at radius 2 is 2.04 bits per heavy atom. The third-order valence-corrected chi connectivity index (χ3v) is 4.76. The summed E-state index contributed by atoms with van der Waals surface area (Å²) >= 11 is 0. The molecule has 2 aromatic rings. The first-order valence-electron chi connectivity index (χ1n) is 9.56. The smallest absolute Gasteiger partial charge is 0.338 e. The van der Waals surface area contributed by atoms with Crippen molar-refractivity contribution < 1.29 is 19.1 Å². The van der Waals surface area contributed by atoms with Crippen molar-refractivity contribution in [1.82, 2.24) is 14.9 Å². The molecule has 0 unspecified atom stereocenters. The highest BCUT2D eigenvalue weighted by Crippen LogP contribution is 2.16. The predicted octanol–water partition coefficient (Wildman–Crippen LogP) is 1.43. The molecular formula is C20H25N3O5. The summed E-state index contributed by atoms with van der Waals surface area (Å²) in [7, 11) is 1.53. The van der Waals surface area contributed by atoms with Crippen molar-refractivity contribution in [2.75, 3.05) is 26.9 Å². The number of benzene rings is 1. The van der Waals surface area contributed by atoms with Crippen molar-refractivity contribution in [2.45, 2.75) is 38.6 Å². The molecule has 0 radical (unpaired) electrons. The highest BCUT2D eigenvalue weighted by atomic mass is 16.5. The average Bonchev–Trinajstić information content (AvgIpc) is 2.67. The van der Waals surface area contributed by atoms with E-state index in [2.05, 4.69) is 10.3 Å². The maximum absolute atomic E-state index is 12.8. The molecule has 28 heavy (non-hydrogen) atoms. The Labute approximate surface area is 162 Å². The number of rotatable bonds is 6. The van der Waals surface area contributed by atoms with E-state index in [1.807, 2.05) is 0 Å². The molecule has 1 aliphatic heterocycles. The van der Waals surface area contributed by atoms with Gasteiger partial charge in [0, 0.05) is 26.6 Å². The van der Waals surface area contributed by atoms with Crippen LogP contribution in [0.4, 0.5) is 0 Å². The Balaban J connectivity index is 1.76. The van der Waals surface area contributed by atoms with Crippen molar-refractivity contribution in [3.63, 3.8) is 0 Å². The largest absolute Gasteiger partial charge is 0.452 e. The van der Waals surface area contributed by atoms with E-state index in [9.17, 15) is 14.4 Å². The molecule has 2 heterocycles. The van der Waals surface area contributed by atoms with Crippen LogP contribution >= 0.6 is 0 Å². The predicted molar refractivity (Wildman–Crippen MR) is 103 cm³/mol. The van der Waals surface area contributed by atoms with Crippen molar-refractivity contribution in [2.24, 2.45) is 0 Å². The van der Waals surface area contributed by atoms with Crippen LogP contribution in [0.25, 0.3) is 10.9 Å². The molecule has 150 valence electrons. The zero-order valence-electron chi connectivity index (χ0n) is 16.0. The molecule has 0 spiro atoms. The van der Waals surface area contributed by atoms with Crippen LogP contribution in [-0.2, 0) is 27.2 Å². The molecule has 0 aliphatic carbocycles. The van der Waals surface area contributed by atoms with Gasteiger partial charge in [0.15, 0.2) is 6.61 Å². The number of aromatic nitrogens is 2. The van der Waals surface area contributed by atoms with Gasteiger partial charge in [-0.3, -0.25) is 14.2 Å². The van der Waals surface area contributed by atoms with Gasteiger partial charge in [-0.15, -0.1) is 0 Å². The molecule has 1 aromatic heterocycles.